The maximum Gasteiger partial charge on any atom is 0.166 e. The van der Waals surface area contributed by atoms with Gasteiger partial charge in [-0.1, -0.05) is 29.8 Å². The van der Waals surface area contributed by atoms with Crippen LogP contribution in [0.3, 0.4) is 0 Å². The van der Waals surface area contributed by atoms with Gasteiger partial charge in [-0.25, -0.2) is 0 Å². The first-order valence-corrected chi connectivity index (χ1v) is 9.79. The van der Waals surface area contributed by atoms with Crippen molar-refractivity contribution in [3.8, 4) is 0 Å². The molecule has 1 saturated heterocycles. The highest BCUT2D eigenvalue weighted by Gasteiger charge is 2.25. The lowest BCUT2D eigenvalue weighted by molar-refractivity contribution is 0.0845. The van der Waals surface area contributed by atoms with Crippen LogP contribution in [0.25, 0.3) is 0 Å². The van der Waals surface area contributed by atoms with Crippen LogP contribution in [0.15, 0.2) is 59.5 Å². The summed E-state index contributed by atoms with van der Waals surface area (Å²) in [5.41, 5.74) is 0.789. The number of benzene rings is 2. The van der Waals surface area contributed by atoms with E-state index >= 15 is 0 Å². The molecule has 0 amide bonds. The Balaban J connectivity index is 1.42. The highest BCUT2D eigenvalue weighted by molar-refractivity contribution is 7.99. The number of ketones is 1. The fourth-order valence-corrected chi connectivity index (χ4v) is 4.14. The zero-order chi connectivity index (χ0) is 16.8. The molecule has 2 aromatic carbocycles. The number of hydrogen-bond donors (Lipinski definition) is 0. The molecule has 0 aromatic heterocycles. The molecule has 0 aliphatic carbocycles. The van der Waals surface area contributed by atoms with Crippen LogP contribution in [0.1, 0.15) is 23.2 Å². The predicted octanol–water partition coefficient (Wildman–Crippen LogP) is 5.03. The fourth-order valence-electron chi connectivity index (χ4n) is 3.08. The maximum atomic E-state index is 12.6. The van der Waals surface area contributed by atoms with Crippen molar-refractivity contribution >= 4 is 29.1 Å². The summed E-state index contributed by atoms with van der Waals surface area (Å²) < 4.78 is 0. The Labute approximate surface area is 153 Å². The molecule has 0 bridgehead atoms. The molecule has 0 saturated carbocycles. The molecule has 0 spiro atoms. The lowest BCUT2D eigenvalue weighted by Gasteiger charge is -2.31. The zero-order valence-corrected chi connectivity index (χ0v) is 15.2. The van der Waals surface area contributed by atoms with Gasteiger partial charge in [0.05, 0.1) is 0 Å². The van der Waals surface area contributed by atoms with Crippen molar-refractivity contribution in [2.45, 2.75) is 17.7 Å². The lowest BCUT2D eigenvalue weighted by atomic mass is 9.89. The van der Waals surface area contributed by atoms with Gasteiger partial charge >= 0.3 is 0 Å². The first kappa shape index (κ1) is 17.5. The van der Waals surface area contributed by atoms with Gasteiger partial charge in [-0.15, -0.1) is 11.8 Å². The van der Waals surface area contributed by atoms with Crippen molar-refractivity contribution in [3.63, 3.8) is 0 Å². The quantitative estimate of drug-likeness (QED) is 0.533. The molecule has 2 aromatic rings. The van der Waals surface area contributed by atoms with E-state index in [9.17, 15) is 4.79 Å². The molecule has 1 aliphatic rings. The monoisotopic (exact) mass is 359 g/mol. The van der Waals surface area contributed by atoms with E-state index in [1.807, 2.05) is 30.0 Å². The Morgan fingerprint density at radius 2 is 1.71 bits per heavy atom. The number of rotatable bonds is 6. The maximum absolute atomic E-state index is 12.6. The van der Waals surface area contributed by atoms with Gasteiger partial charge in [0, 0.05) is 33.7 Å². The number of halogens is 1. The third kappa shape index (κ3) is 4.85. The first-order valence-electron chi connectivity index (χ1n) is 8.42. The van der Waals surface area contributed by atoms with E-state index in [-0.39, 0.29) is 11.7 Å². The first-order chi connectivity index (χ1) is 11.7. The number of carbonyl (C=O) groups excluding carboxylic acids is 1. The van der Waals surface area contributed by atoms with E-state index in [4.69, 9.17) is 11.6 Å². The van der Waals surface area contributed by atoms with Crippen LogP contribution >= 0.6 is 23.4 Å². The van der Waals surface area contributed by atoms with E-state index in [1.165, 1.54) is 4.90 Å². The molecule has 4 heteroatoms. The van der Waals surface area contributed by atoms with Gasteiger partial charge in [-0.2, -0.15) is 0 Å². The molecule has 0 atom stereocenters. The van der Waals surface area contributed by atoms with Crippen LogP contribution in [0.4, 0.5) is 0 Å². The second-order valence-corrected chi connectivity index (χ2v) is 7.75. The molecule has 0 unspecified atom stereocenters. The van der Waals surface area contributed by atoms with Crippen molar-refractivity contribution in [3.05, 3.63) is 65.2 Å². The van der Waals surface area contributed by atoms with Crippen molar-refractivity contribution in [1.29, 1.82) is 0 Å². The summed E-state index contributed by atoms with van der Waals surface area (Å²) in [6.07, 6.45) is 1.91. The average molecular weight is 360 g/mol. The Morgan fingerprint density at radius 3 is 2.38 bits per heavy atom. The molecule has 2 nitrogen and oxygen atoms in total. The highest BCUT2D eigenvalue weighted by Crippen LogP contribution is 2.24. The van der Waals surface area contributed by atoms with Gasteiger partial charge in [0.2, 0.25) is 0 Å². The molecule has 126 valence electrons. The topological polar surface area (TPSA) is 20.3 Å². The second kappa shape index (κ2) is 8.70. The summed E-state index contributed by atoms with van der Waals surface area (Å²) in [7, 11) is 0. The number of hydrogen-bond acceptors (Lipinski definition) is 3. The summed E-state index contributed by atoms with van der Waals surface area (Å²) in [6.45, 7) is 3.11. The van der Waals surface area contributed by atoms with E-state index in [1.54, 1.807) is 12.1 Å². The third-order valence-corrected chi connectivity index (χ3v) is 5.75. The van der Waals surface area contributed by atoms with Crippen LogP contribution in [0, 0.1) is 5.92 Å². The van der Waals surface area contributed by atoms with Gasteiger partial charge in [-0.3, -0.25) is 4.79 Å². The van der Waals surface area contributed by atoms with Crippen molar-refractivity contribution in [2.24, 2.45) is 5.92 Å². The molecule has 1 fully saturated rings. The predicted molar refractivity (Wildman–Crippen MR) is 102 cm³/mol. The van der Waals surface area contributed by atoms with E-state index < -0.39 is 0 Å². The van der Waals surface area contributed by atoms with E-state index in [0.29, 0.717) is 5.02 Å². The summed E-state index contributed by atoms with van der Waals surface area (Å²) in [5.74, 6) is 1.52. The molecular weight excluding hydrogens is 338 g/mol. The number of nitrogens with zero attached hydrogens (tertiary/aromatic N) is 1. The van der Waals surface area contributed by atoms with E-state index in [0.717, 1.165) is 43.8 Å². The molecule has 0 N–H and O–H groups in total. The Morgan fingerprint density at radius 1 is 1.04 bits per heavy atom. The summed E-state index contributed by atoms with van der Waals surface area (Å²) in [5, 5.41) is 0.678. The second-order valence-electron chi connectivity index (χ2n) is 6.15. The van der Waals surface area contributed by atoms with Crippen LogP contribution < -0.4 is 0 Å². The summed E-state index contributed by atoms with van der Waals surface area (Å²) in [6, 6.07) is 17.8. The van der Waals surface area contributed by atoms with Crippen LogP contribution in [0.2, 0.25) is 5.02 Å². The molecule has 24 heavy (non-hydrogen) atoms. The van der Waals surface area contributed by atoms with Gasteiger partial charge in [0.15, 0.2) is 5.78 Å². The smallest absolute Gasteiger partial charge is 0.166 e. The van der Waals surface area contributed by atoms with Crippen LogP contribution in [-0.2, 0) is 0 Å². The normalized spacial score (nSPS) is 16.2. The van der Waals surface area contributed by atoms with Crippen molar-refractivity contribution in [2.75, 3.05) is 25.4 Å². The third-order valence-electron chi connectivity index (χ3n) is 4.51. The Kier molecular flexibility index (Phi) is 6.36. The minimum atomic E-state index is 0.157. The van der Waals surface area contributed by atoms with Gasteiger partial charge in [-0.05, 0) is 62.3 Å². The van der Waals surface area contributed by atoms with Gasteiger partial charge in [0.1, 0.15) is 0 Å². The number of likely N-dealkylation sites (tertiary alicyclic amines) is 1. The molecule has 3 rings (SSSR count). The lowest BCUT2D eigenvalue weighted by Crippen LogP contribution is -2.37. The minimum Gasteiger partial charge on any atom is -0.302 e. The number of thioether (sulfide) groups is 1. The molecule has 1 heterocycles. The Bertz CT molecular complexity index is 651. The van der Waals surface area contributed by atoms with Crippen LogP contribution in [-0.4, -0.2) is 36.1 Å². The van der Waals surface area contributed by atoms with Crippen molar-refractivity contribution in [1.82, 2.24) is 4.90 Å². The number of piperidine rings is 1. The van der Waals surface area contributed by atoms with Gasteiger partial charge in [0.25, 0.3) is 0 Å². The van der Waals surface area contributed by atoms with E-state index in [2.05, 4.69) is 29.2 Å². The number of Topliss-reactive ketones (excluding diaryl/α,β-unsaturated/α-hetero) is 1. The summed E-state index contributed by atoms with van der Waals surface area (Å²) >= 11 is 7.79. The minimum absolute atomic E-state index is 0.157. The number of carbonyl (C=O) groups is 1. The Hall–Kier alpha value is -1.29. The molecule has 1 aliphatic heterocycles. The SMILES string of the molecule is O=C(c1ccc(Cl)cc1)C1CCN(CCSc2ccccc2)CC1. The largest absolute Gasteiger partial charge is 0.302 e. The zero-order valence-electron chi connectivity index (χ0n) is 13.7. The fraction of sp³-hybridized carbons (Fsp3) is 0.350. The highest BCUT2D eigenvalue weighted by atomic mass is 35.5. The van der Waals surface area contributed by atoms with Crippen LogP contribution in [0.5, 0.6) is 0 Å². The standard InChI is InChI=1S/C20H22ClNOS/c21-18-8-6-16(7-9-18)20(23)17-10-12-22(13-11-17)14-15-24-19-4-2-1-3-5-19/h1-9,17H,10-15H2. The van der Waals surface area contributed by atoms with Crippen molar-refractivity contribution < 1.29 is 4.79 Å². The molecular formula is C20H22ClNOS. The average Bonchev–Trinajstić information content (AvgIpc) is 2.63. The molecule has 0 radical (unpaired) electrons. The van der Waals surface area contributed by atoms with Gasteiger partial charge < -0.3 is 4.90 Å². The summed E-state index contributed by atoms with van der Waals surface area (Å²) in [4.78, 5) is 16.3.